The van der Waals surface area contributed by atoms with Gasteiger partial charge in [0.15, 0.2) is 11.4 Å². The Kier molecular flexibility index (Phi) is 5.03. The molecule has 1 atom stereocenters. The average Bonchev–Trinajstić information content (AvgIpc) is 3.25. The van der Waals surface area contributed by atoms with E-state index in [1.54, 1.807) is 46.8 Å². The minimum Gasteiger partial charge on any atom is -0.293 e. The summed E-state index contributed by atoms with van der Waals surface area (Å²) in [6.07, 6.45) is 3.38. The van der Waals surface area contributed by atoms with Crippen molar-refractivity contribution in [3.8, 4) is 0 Å². The second-order valence-corrected chi connectivity index (χ2v) is 6.15. The van der Waals surface area contributed by atoms with Crippen molar-refractivity contribution in [2.24, 2.45) is 7.05 Å². The third kappa shape index (κ3) is 3.20. The largest absolute Gasteiger partial charge is 0.293 e. The van der Waals surface area contributed by atoms with E-state index in [0.29, 0.717) is 16.9 Å². The molecule has 0 aliphatic heterocycles. The molecule has 0 N–H and O–H groups in total. The normalized spacial score (nSPS) is 12.1. The Bertz CT molecular complexity index is 1130. The average molecular weight is 367 g/mol. The number of nitrogens with zero attached hydrogens (tertiary/aromatic N) is 5. The minimum absolute atomic E-state index is 0.128. The maximum Gasteiger partial charge on any atom is 0.179 e. The fourth-order valence-corrected chi connectivity index (χ4v) is 3.06. The molecule has 4 rings (SSSR count). The molecule has 6 nitrogen and oxygen atoms in total. The highest BCUT2D eigenvalue weighted by Crippen LogP contribution is 2.29. The van der Waals surface area contributed by atoms with Crippen molar-refractivity contribution in [3.63, 3.8) is 0 Å². The van der Waals surface area contributed by atoms with Gasteiger partial charge in [-0.25, -0.2) is 13.9 Å². The number of hydrogen-bond acceptors (Lipinski definition) is 4. The highest BCUT2D eigenvalue weighted by Gasteiger charge is 2.20. The van der Waals surface area contributed by atoms with Crippen LogP contribution >= 0.6 is 0 Å². The molecule has 1 unspecified atom stereocenters. The number of carbonyl (C=O) groups is 1. The van der Waals surface area contributed by atoms with Crippen LogP contribution in [0.4, 0.5) is 4.39 Å². The zero-order chi connectivity index (χ0) is 19.7. The molecule has 0 aliphatic carbocycles. The number of ketones is 1. The number of fused-ring (bicyclic) bond motifs is 2. The van der Waals surface area contributed by atoms with Gasteiger partial charge in [0.05, 0.1) is 23.6 Å². The molecule has 0 spiro atoms. The minimum atomic E-state index is -0.304. The third-order valence-electron chi connectivity index (χ3n) is 4.52. The summed E-state index contributed by atoms with van der Waals surface area (Å²) in [5, 5.41) is 9.38. The SMILES string of the molecule is CC.CC(=O)c1ccc2ncc(C(C)c3cc4cnn(C)c4cc3F)n2n1. The van der Waals surface area contributed by atoms with Crippen LogP contribution < -0.4 is 0 Å². The summed E-state index contributed by atoms with van der Waals surface area (Å²) < 4.78 is 17.9. The van der Waals surface area contributed by atoms with E-state index in [1.165, 1.54) is 13.0 Å². The monoisotopic (exact) mass is 367 g/mol. The number of carbonyl (C=O) groups excluding carboxylic acids is 1. The molecule has 0 bridgehead atoms. The van der Waals surface area contributed by atoms with Gasteiger partial charge < -0.3 is 0 Å². The number of aryl methyl sites for hydroxylation is 1. The Labute approximate surface area is 156 Å². The van der Waals surface area contributed by atoms with Crippen LogP contribution in [0.5, 0.6) is 0 Å². The van der Waals surface area contributed by atoms with E-state index in [9.17, 15) is 9.18 Å². The molecule has 0 radical (unpaired) electrons. The van der Waals surface area contributed by atoms with Gasteiger partial charge >= 0.3 is 0 Å². The summed E-state index contributed by atoms with van der Waals surface area (Å²) in [5.41, 5.74) is 2.97. The Morgan fingerprint density at radius 2 is 1.93 bits per heavy atom. The zero-order valence-corrected chi connectivity index (χ0v) is 16.1. The Morgan fingerprint density at radius 3 is 2.63 bits per heavy atom. The van der Waals surface area contributed by atoms with Crippen molar-refractivity contribution in [1.29, 1.82) is 0 Å². The first-order valence-electron chi connectivity index (χ1n) is 8.92. The molecule has 3 aromatic heterocycles. The first-order chi connectivity index (χ1) is 13.0. The molecule has 4 aromatic rings. The van der Waals surface area contributed by atoms with E-state index in [2.05, 4.69) is 15.2 Å². The van der Waals surface area contributed by atoms with Gasteiger partial charge in [-0.05, 0) is 23.8 Å². The number of rotatable bonds is 3. The van der Waals surface area contributed by atoms with Gasteiger partial charge in [-0.2, -0.15) is 10.2 Å². The summed E-state index contributed by atoms with van der Waals surface area (Å²) in [6.45, 7) is 7.36. The van der Waals surface area contributed by atoms with Crippen molar-refractivity contribution >= 4 is 22.3 Å². The molecule has 0 saturated heterocycles. The van der Waals surface area contributed by atoms with Crippen molar-refractivity contribution in [1.82, 2.24) is 24.4 Å². The molecule has 7 heteroatoms. The summed E-state index contributed by atoms with van der Waals surface area (Å²) in [4.78, 5) is 15.9. The van der Waals surface area contributed by atoms with Crippen LogP contribution in [-0.2, 0) is 7.05 Å². The van der Waals surface area contributed by atoms with E-state index >= 15 is 0 Å². The van der Waals surface area contributed by atoms with Crippen LogP contribution in [0.25, 0.3) is 16.6 Å². The van der Waals surface area contributed by atoms with Crippen molar-refractivity contribution in [2.75, 3.05) is 0 Å². The van der Waals surface area contributed by atoms with Crippen LogP contribution in [0, 0.1) is 5.82 Å². The fraction of sp³-hybridized carbons (Fsp3) is 0.300. The molecular formula is C20H22FN5O. The van der Waals surface area contributed by atoms with Gasteiger partial charge in [-0.1, -0.05) is 20.8 Å². The van der Waals surface area contributed by atoms with Gasteiger partial charge in [0, 0.05) is 31.3 Å². The number of imidazole rings is 1. The van der Waals surface area contributed by atoms with Gasteiger partial charge in [0.1, 0.15) is 11.5 Å². The Balaban J connectivity index is 0.00000102. The molecule has 3 heterocycles. The molecule has 0 amide bonds. The number of Topliss-reactive ketones (excluding diaryl/α,β-unsaturated/α-hetero) is 1. The molecular weight excluding hydrogens is 345 g/mol. The second kappa shape index (κ2) is 7.26. The lowest BCUT2D eigenvalue weighted by atomic mass is 9.96. The molecule has 0 fully saturated rings. The highest BCUT2D eigenvalue weighted by molar-refractivity contribution is 5.92. The zero-order valence-electron chi connectivity index (χ0n) is 16.1. The summed E-state index contributed by atoms with van der Waals surface area (Å²) >= 11 is 0. The molecule has 0 saturated carbocycles. The summed E-state index contributed by atoms with van der Waals surface area (Å²) in [5.74, 6) is -0.715. The second-order valence-electron chi connectivity index (χ2n) is 6.15. The predicted molar refractivity (Wildman–Crippen MR) is 103 cm³/mol. The van der Waals surface area contributed by atoms with E-state index in [-0.39, 0.29) is 17.5 Å². The van der Waals surface area contributed by atoms with Crippen LogP contribution in [0.1, 0.15) is 55.4 Å². The molecule has 27 heavy (non-hydrogen) atoms. The van der Waals surface area contributed by atoms with Gasteiger partial charge in [-0.3, -0.25) is 9.48 Å². The highest BCUT2D eigenvalue weighted by atomic mass is 19.1. The van der Waals surface area contributed by atoms with Crippen molar-refractivity contribution < 1.29 is 9.18 Å². The topological polar surface area (TPSA) is 65.1 Å². The maximum absolute atomic E-state index is 14.7. The summed E-state index contributed by atoms with van der Waals surface area (Å²) in [6, 6.07) is 6.67. The van der Waals surface area contributed by atoms with Gasteiger partial charge in [0.25, 0.3) is 0 Å². The lowest BCUT2D eigenvalue weighted by Crippen LogP contribution is -2.08. The Morgan fingerprint density at radius 1 is 1.19 bits per heavy atom. The van der Waals surface area contributed by atoms with Crippen molar-refractivity contribution in [3.05, 3.63) is 59.4 Å². The number of aromatic nitrogens is 5. The quantitative estimate of drug-likeness (QED) is 0.511. The molecule has 1 aromatic carbocycles. The third-order valence-corrected chi connectivity index (χ3v) is 4.52. The van der Waals surface area contributed by atoms with E-state index in [1.807, 2.05) is 20.8 Å². The smallest absolute Gasteiger partial charge is 0.179 e. The lowest BCUT2D eigenvalue weighted by molar-refractivity contribution is 0.101. The number of benzene rings is 1. The van der Waals surface area contributed by atoms with Gasteiger partial charge in [-0.15, -0.1) is 0 Å². The molecule has 0 aliphatic rings. The first-order valence-corrected chi connectivity index (χ1v) is 8.92. The van der Waals surface area contributed by atoms with Crippen LogP contribution in [0.15, 0.2) is 36.7 Å². The number of halogens is 1. The van der Waals surface area contributed by atoms with Crippen LogP contribution in [0.3, 0.4) is 0 Å². The van der Waals surface area contributed by atoms with Crippen molar-refractivity contribution in [2.45, 2.75) is 33.6 Å². The van der Waals surface area contributed by atoms with Crippen LogP contribution in [-0.4, -0.2) is 30.2 Å². The van der Waals surface area contributed by atoms with Crippen LogP contribution in [0.2, 0.25) is 0 Å². The fourth-order valence-electron chi connectivity index (χ4n) is 3.06. The lowest BCUT2D eigenvalue weighted by Gasteiger charge is -2.13. The number of hydrogen-bond donors (Lipinski definition) is 0. The molecule has 140 valence electrons. The van der Waals surface area contributed by atoms with E-state index in [0.717, 1.165) is 16.6 Å². The van der Waals surface area contributed by atoms with Gasteiger partial charge in [0.2, 0.25) is 0 Å². The van der Waals surface area contributed by atoms with E-state index < -0.39 is 0 Å². The first kappa shape index (κ1) is 18.7. The maximum atomic E-state index is 14.7. The van der Waals surface area contributed by atoms with E-state index in [4.69, 9.17) is 0 Å². The predicted octanol–water partition coefficient (Wildman–Crippen LogP) is 4.14. The summed E-state index contributed by atoms with van der Waals surface area (Å²) in [7, 11) is 1.78. The standard InChI is InChI=1S/C18H16FN5O.C2H6/c1-10(13-6-12-8-21-23(3)16(12)7-14(13)19)17-9-20-18-5-4-15(11(2)25)22-24(17)18;1-2/h4-10H,1-3H3;1-2H3. The Hall–Kier alpha value is -3.09.